The van der Waals surface area contributed by atoms with Crippen LogP contribution in [-0.4, -0.2) is 171 Å². The largest absolute Gasteiger partial charge is 0.461 e. The normalized spacial score (nSPS) is 16.1. The maximum Gasteiger partial charge on any atom is 0.460 e. The van der Waals surface area contributed by atoms with Crippen molar-refractivity contribution in [3.8, 4) is 0 Å². The number of sulfonamides is 2. The second-order valence-corrected chi connectivity index (χ2v) is 17.5. The molecule has 0 aromatic carbocycles. The zero-order chi connectivity index (χ0) is 60.4. The molecular formula is C28H20F34N2O8S2. The van der Waals surface area contributed by atoms with Crippen LogP contribution in [-0.2, 0) is 39.1 Å². The quantitative estimate of drug-likeness (QED) is 0.0476. The van der Waals surface area contributed by atoms with Gasteiger partial charge in [0.05, 0.1) is 0 Å². The molecule has 0 heterocycles. The molecule has 0 unspecified atom stereocenters. The van der Waals surface area contributed by atoms with Gasteiger partial charge in [0.1, 0.15) is 13.2 Å². The first-order valence-corrected chi connectivity index (χ1v) is 20.2. The van der Waals surface area contributed by atoms with Gasteiger partial charge in [0.15, 0.2) is 0 Å². The highest BCUT2D eigenvalue weighted by atomic mass is 32.2. The Labute approximate surface area is 385 Å². The minimum atomic E-state index is -9.19. The van der Waals surface area contributed by atoms with Crippen molar-refractivity contribution in [1.29, 1.82) is 0 Å². The molecule has 0 aliphatic heterocycles. The van der Waals surface area contributed by atoms with E-state index in [0.29, 0.717) is 0 Å². The molecule has 0 bridgehead atoms. The lowest BCUT2D eigenvalue weighted by Crippen LogP contribution is -2.75. The van der Waals surface area contributed by atoms with Gasteiger partial charge in [-0.15, -0.1) is 0 Å². The molecule has 0 aromatic rings. The molecule has 74 heavy (non-hydrogen) atoms. The van der Waals surface area contributed by atoms with Crippen LogP contribution in [0.15, 0.2) is 12.2 Å². The summed E-state index contributed by atoms with van der Waals surface area (Å²) < 4.78 is 516. The van der Waals surface area contributed by atoms with Gasteiger partial charge in [-0.3, -0.25) is 0 Å². The first-order chi connectivity index (χ1) is 31.9. The number of ether oxygens (including phenoxy) is 2. The molecule has 0 rings (SSSR count). The van der Waals surface area contributed by atoms with E-state index in [1.807, 2.05) is 0 Å². The minimum Gasteiger partial charge on any atom is -0.461 e. The van der Waals surface area contributed by atoms with Gasteiger partial charge in [0.2, 0.25) is 0 Å². The molecular weight excluding hydrogens is 1200 g/mol. The maximum atomic E-state index is 14.5. The highest BCUT2D eigenvalue weighted by Gasteiger charge is 2.98. The molecule has 0 amide bonds. The molecule has 46 heteroatoms. The SMILES string of the molecule is CCN(CCOC(=O)C=CC(=O)OCCN(CC)S(=O)(=O)C(F)(F)C(F)(F)C(F)(F)C(F)(F)C(F)(F)C(F)(F)C(F)(F)C(F)(F)F)S(=O)(=O)C(F)(F)C(F)(F)C(F)(F)C(F)(F)C(F)(F)C(F)(F)C(F)(F)C(F)(F)F. The van der Waals surface area contributed by atoms with Gasteiger partial charge >= 0.3 is 106 Å². The van der Waals surface area contributed by atoms with E-state index in [-0.39, 0.29) is 26.0 Å². The summed E-state index contributed by atoms with van der Waals surface area (Å²) in [6, 6.07) is 0. The standard InChI is InChI=1S/C28H20F34N2O8S2/c1-3-63(73(67,68)27(59,60)23(49,50)19(41,42)15(33,34)13(29,30)17(37,38)21(45,46)25(53,54)55)7-9-71-11(65)5-6-12(66)72-10-8-64(4-2)74(69,70)28(61,62)24(51,52)20(43,44)16(35,36)14(31,32)18(39,40)22(47,48)26(56,57)58/h5-6H,3-4,7-10H2,1-2H3. The van der Waals surface area contributed by atoms with Crippen LogP contribution in [0.1, 0.15) is 13.8 Å². The Morgan fingerprint density at radius 3 is 0.689 bits per heavy atom. The van der Waals surface area contributed by atoms with Crippen LogP contribution in [0.3, 0.4) is 0 Å². The van der Waals surface area contributed by atoms with Gasteiger partial charge in [-0.05, 0) is 0 Å². The van der Waals surface area contributed by atoms with Gasteiger partial charge in [-0.25, -0.2) is 26.4 Å². The van der Waals surface area contributed by atoms with E-state index in [0.717, 1.165) is 0 Å². The highest BCUT2D eigenvalue weighted by molar-refractivity contribution is 7.90. The number of carbonyl (C=O) groups excluding carboxylic acids is 2. The van der Waals surface area contributed by atoms with E-state index in [4.69, 9.17) is 0 Å². The van der Waals surface area contributed by atoms with E-state index in [1.165, 1.54) is 0 Å². The molecule has 0 N–H and O–H groups in total. The fourth-order valence-corrected chi connectivity index (χ4v) is 7.43. The fraction of sp³-hybridized carbons (Fsp3) is 0.857. The van der Waals surface area contributed by atoms with E-state index in [1.54, 1.807) is 0 Å². The van der Waals surface area contributed by atoms with Crippen molar-refractivity contribution in [1.82, 2.24) is 8.61 Å². The zero-order valence-corrected chi connectivity index (χ0v) is 35.9. The number of nitrogens with zero attached hydrogens (tertiary/aromatic N) is 2. The smallest absolute Gasteiger partial charge is 0.460 e. The number of carbonyl (C=O) groups is 2. The fourth-order valence-electron chi connectivity index (χ4n) is 4.57. The van der Waals surface area contributed by atoms with Crippen LogP contribution < -0.4 is 0 Å². The van der Waals surface area contributed by atoms with Crippen molar-refractivity contribution in [2.45, 2.75) is 108 Å². The van der Waals surface area contributed by atoms with Crippen molar-refractivity contribution >= 4 is 32.0 Å². The Morgan fingerprint density at radius 1 is 0.338 bits per heavy atom. The third-order valence-electron chi connectivity index (χ3n) is 8.95. The Bertz CT molecular complexity index is 2120. The summed E-state index contributed by atoms with van der Waals surface area (Å²) in [5.74, 6) is -112. The Balaban J connectivity index is 6.30. The summed E-state index contributed by atoms with van der Waals surface area (Å²) in [7, 11) is -15.8. The third-order valence-corrected chi connectivity index (χ3v) is 13.0. The van der Waals surface area contributed by atoms with Crippen LogP contribution in [0, 0.1) is 0 Å². The molecule has 0 saturated carbocycles. The lowest BCUT2D eigenvalue weighted by atomic mass is 9.91. The summed E-state index contributed by atoms with van der Waals surface area (Å²) in [6.07, 6.45) is -16.9. The maximum absolute atomic E-state index is 14.5. The minimum absolute atomic E-state index is 0.207. The Kier molecular flexibility index (Phi) is 19.1. The average Bonchev–Trinajstić information content (AvgIpc) is 3.20. The number of hydrogen-bond acceptors (Lipinski definition) is 8. The van der Waals surface area contributed by atoms with Crippen molar-refractivity contribution in [3.05, 3.63) is 12.2 Å². The number of rotatable bonds is 26. The first kappa shape index (κ1) is 70.1. The lowest BCUT2D eigenvalue weighted by molar-refractivity contribution is -0.458. The van der Waals surface area contributed by atoms with E-state index in [2.05, 4.69) is 9.47 Å². The van der Waals surface area contributed by atoms with Gasteiger partial charge in [-0.1, -0.05) is 13.8 Å². The lowest BCUT2D eigenvalue weighted by Gasteiger charge is -2.43. The van der Waals surface area contributed by atoms with Gasteiger partial charge in [0, 0.05) is 38.3 Å². The van der Waals surface area contributed by atoms with E-state index in [9.17, 15) is 176 Å². The topological polar surface area (TPSA) is 127 Å². The zero-order valence-electron chi connectivity index (χ0n) is 34.2. The van der Waals surface area contributed by atoms with Crippen LogP contribution in [0.5, 0.6) is 0 Å². The molecule has 440 valence electrons. The molecule has 0 aromatic heterocycles. The summed E-state index contributed by atoms with van der Waals surface area (Å²) in [4.78, 5) is 23.5. The summed E-state index contributed by atoms with van der Waals surface area (Å²) >= 11 is 0. The van der Waals surface area contributed by atoms with E-state index >= 15 is 0 Å². The van der Waals surface area contributed by atoms with E-state index < -0.39 is 174 Å². The number of halogens is 34. The Morgan fingerprint density at radius 2 is 0.514 bits per heavy atom. The van der Waals surface area contributed by atoms with Crippen molar-refractivity contribution in [3.63, 3.8) is 0 Å². The predicted octanol–water partition coefficient (Wildman–Crippen LogP) is 9.87. The van der Waals surface area contributed by atoms with Crippen LogP contribution >= 0.6 is 0 Å². The molecule has 0 aliphatic rings. The van der Waals surface area contributed by atoms with Gasteiger partial charge in [0.25, 0.3) is 20.0 Å². The molecule has 0 fully saturated rings. The second kappa shape index (κ2) is 20.2. The Hall–Kier alpha value is -3.88. The van der Waals surface area contributed by atoms with Crippen LogP contribution in [0.25, 0.3) is 0 Å². The number of hydrogen-bond donors (Lipinski definition) is 0. The number of likely N-dealkylation sites (N-methyl/N-ethyl adjacent to an activating group) is 2. The summed E-state index contributed by atoms with van der Waals surface area (Å²) in [6.45, 7) is -11.5. The molecule has 0 saturated heterocycles. The predicted molar refractivity (Wildman–Crippen MR) is 165 cm³/mol. The number of esters is 2. The average molecular weight is 1220 g/mol. The van der Waals surface area contributed by atoms with Crippen molar-refractivity contribution in [2.75, 3.05) is 39.4 Å². The second-order valence-electron chi connectivity index (χ2n) is 13.6. The van der Waals surface area contributed by atoms with Crippen LogP contribution in [0.4, 0.5) is 149 Å². The summed E-state index contributed by atoms with van der Waals surface area (Å²) in [5.41, 5.74) is 0. The molecule has 0 spiro atoms. The summed E-state index contributed by atoms with van der Waals surface area (Å²) in [5, 5.41) is -16.1. The first-order valence-electron chi connectivity index (χ1n) is 17.3. The van der Waals surface area contributed by atoms with Gasteiger partial charge < -0.3 is 9.47 Å². The van der Waals surface area contributed by atoms with Crippen LogP contribution in [0.2, 0.25) is 0 Å². The van der Waals surface area contributed by atoms with Gasteiger partial charge in [-0.2, -0.15) is 158 Å². The monoisotopic (exact) mass is 1220 g/mol. The molecule has 0 aliphatic carbocycles. The molecule has 0 atom stereocenters. The van der Waals surface area contributed by atoms with Crippen molar-refractivity contribution < 1.29 is 185 Å². The number of alkyl halides is 34. The highest BCUT2D eigenvalue weighted by Crippen LogP contribution is 2.66. The third kappa shape index (κ3) is 10.2. The van der Waals surface area contributed by atoms with Crippen molar-refractivity contribution in [2.24, 2.45) is 0 Å². The molecule has 10 nitrogen and oxygen atoms in total. The molecule has 0 radical (unpaired) electrons.